The van der Waals surface area contributed by atoms with Gasteiger partial charge in [-0.15, -0.1) is 0 Å². The van der Waals surface area contributed by atoms with Gasteiger partial charge in [-0.05, 0) is 23.5 Å². The number of aliphatic imine (C=N–C) groups is 1. The third-order valence-electron chi connectivity index (χ3n) is 3.24. The topological polar surface area (TPSA) is 32.6 Å². The Kier molecular flexibility index (Phi) is 4.62. The van der Waals surface area contributed by atoms with E-state index >= 15 is 0 Å². The van der Waals surface area contributed by atoms with Gasteiger partial charge in [-0.25, -0.2) is 0 Å². The van der Waals surface area contributed by atoms with Gasteiger partial charge in [0.2, 0.25) is 0 Å². The summed E-state index contributed by atoms with van der Waals surface area (Å²) >= 11 is 0. The smallest absolute Gasteiger partial charge is 0.123 e. The van der Waals surface area contributed by atoms with Gasteiger partial charge in [0, 0.05) is 17.1 Å². The van der Waals surface area contributed by atoms with Crippen molar-refractivity contribution in [2.75, 3.05) is 0 Å². The molecule has 0 aliphatic carbocycles. The molecule has 0 saturated heterocycles. The van der Waals surface area contributed by atoms with E-state index in [9.17, 15) is 5.11 Å². The van der Waals surface area contributed by atoms with Crippen LogP contribution in [0.25, 0.3) is 0 Å². The van der Waals surface area contributed by atoms with Crippen LogP contribution in [-0.2, 0) is 0 Å². The molecule has 3 heteroatoms. The van der Waals surface area contributed by atoms with E-state index < -0.39 is 0 Å². The first-order valence-electron chi connectivity index (χ1n) is 7.06. The van der Waals surface area contributed by atoms with Gasteiger partial charge in [0.1, 0.15) is 5.75 Å². The zero-order valence-corrected chi connectivity index (χ0v) is 13.0. The Hall–Kier alpha value is -2.44. The number of para-hydroxylation sites is 2. The summed E-state index contributed by atoms with van der Waals surface area (Å²) in [4.78, 5) is 4.52. The second-order valence-corrected chi connectivity index (χ2v) is 6.15. The van der Waals surface area contributed by atoms with Gasteiger partial charge in [-0.2, -0.15) is 0 Å². The summed E-state index contributed by atoms with van der Waals surface area (Å²) < 4.78 is 0. The molecular weight excluding hydrogens is 289 g/mol. The van der Waals surface area contributed by atoms with Gasteiger partial charge >= 0.3 is 0 Å². The summed E-state index contributed by atoms with van der Waals surface area (Å²) in [6.45, 7) is 0. The number of benzene rings is 3. The molecule has 0 aliphatic rings. The van der Waals surface area contributed by atoms with Crippen molar-refractivity contribution in [2.45, 2.75) is 0 Å². The molecule has 0 fully saturated rings. The molecule has 0 saturated carbocycles. The maximum atomic E-state index is 9.94. The van der Waals surface area contributed by atoms with E-state index in [1.165, 1.54) is 5.30 Å². The van der Waals surface area contributed by atoms with Crippen LogP contribution in [0.5, 0.6) is 5.75 Å². The summed E-state index contributed by atoms with van der Waals surface area (Å²) in [5, 5.41) is 12.1. The van der Waals surface area contributed by atoms with Crippen LogP contribution in [0.1, 0.15) is 5.56 Å². The standard InChI is InChI=1S/C19H16NOP/c21-17-11-5-7-13-19(17)22-18-12-6-4-8-15(18)14-20-16-9-2-1-3-10-16/h1-14,21-22H/b20-14+. The summed E-state index contributed by atoms with van der Waals surface area (Å²) in [5.41, 5.74) is 2.01. The fourth-order valence-electron chi connectivity index (χ4n) is 2.11. The molecule has 3 aromatic rings. The second-order valence-electron chi connectivity index (χ2n) is 4.82. The third kappa shape index (κ3) is 3.60. The van der Waals surface area contributed by atoms with Crippen LogP contribution >= 0.6 is 8.58 Å². The Morgan fingerprint density at radius 3 is 2.14 bits per heavy atom. The quantitative estimate of drug-likeness (QED) is 0.577. The van der Waals surface area contributed by atoms with Crippen molar-refractivity contribution in [1.82, 2.24) is 0 Å². The predicted octanol–water partition coefficient (Wildman–Crippen LogP) is 3.77. The molecular formula is C19H16NOP. The largest absolute Gasteiger partial charge is 0.507 e. The highest BCUT2D eigenvalue weighted by Crippen LogP contribution is 2.19. The minimum Gasteiger partial charge on any atom is -0.507 e. The fraction of sp³-hybridized carbons (Fsp3) is 0. The van der Waals surface area contributed by atoms with Crippen molar-refractivity contribution in [2.24, 2.45) is 4.99 Å². The van der Waals surface area contributed by atoms with E-state index in [2.05, 4.69) is 17.1 Å². The van der Waals surface area contributed by atoms with Crippen molar-refractivity contribution >= 4 is 31.1 Å². The molecule has 0 radical (unpaired) electrons. The van der Waals surface area contributed by atoms with E-state index in [1.807, 2.05) is 66.9 Å². The number of hydrogen-bond donors (Lipinski definition) is 1. The van der Waals surface area contributed by atoms with Crippen LogP contribution in [0.4, 0.5) is 5.69 Å². The highest BCUT2D eigenvalue weighted by molar-refractivity contribution is 7.56. The molecule has 1 atom stereocenters. The lowest BCUT2D eigenvalue weighted by Crippen LogP contribution is -2.08. The van der Waals surface area contributed by atoms with Gasteiger partial charge < -0.3 is 5.11 Å². The molecule has 0 heterocycles. The zero-order chi connectivity index (χ0) is 15.2. The van der Waals surface area contributed by atoms with E-state index in [1.54, 1.807) is 6.07 Å². The number of phenols is 1. The maximum absolute atomic E-state index is 9.94. The highest BCUT2D eigenvalue weighted by Gasteiger charge is 2.04. The number of phenolic OH excluding ortho intramolecular Hbond substituents is 1. The van der Waals surface area contributed by atoms with Crippen LogP contribution in [-0.4, -0.2) is 11.3 Å². The van der Waals surface area contributed by atoms with Gasteiger partial charge in [0.15, 0.2) is 0 Å². The van der Waals surface area contributed by atoms with Crippen molar-refractivity contribution < 1.29 is 5.11 Å². The minimum atomic E-state index is 0.343. The highest BCUT2D eigenvalue weighted by atomic mass is 31.1. The normalized spacial score (nSPS) is 11.5. The van der Waals surface area contributed by atoms with Crippen LogP contribution in [0, 0.1) is 0 Å². The molecule has 3 rings (SSSR count). The van der Waals surface area contributed by atoms with Gasteiger partial charge in [0.05, 0.1) is 5.69 Å². The number of aromatic hydroxyl groups is 1. The van der Waals surface area contributed by atoms with E-state index in [4.69, 9.17) is 0 Å². The molecule has 108 valence electrons. The first-order chi connectivity index (χ1) is 10.8. The Labute approximate surface area is 132 Å². The maximum Gasteiger partial charge on any atom is 0.123 e. The molecule has 0 spiro atoms. The molecule has 0 aromatic heterocycles. The molecule has 0 bridgehead atoms. The number of hydrogen-bond acceptors (Lipinski definition) is 2. The minimum absolute atomic E-state index is 0.343. The van der Waals surface area contributed by atoms with Crippen molar-refractivity contribution in [3.8, 4) is 5.75 Å². The molecule has 0 amide bonds. The SMILES string of the molecule is Oc1ccccc1Pc1ccccc1/C=N/c1ccccc1. The summed E-state index contributed by atoms with van der Waals surface area (Å²) in [7, 11) is 0.401. The van der Waals surface area contributed by atoms with E-state index in [-0.39, 0.29) is 0 Å². The predicted molar refractivity (Wildman–Crippen MR) is 95.8 cm³/mol. The van der Waals surface area contributed by atoms with Gasteiger partial charge in [-0.3, -0.25) is 4.99 Å². The lowest BCUT2D eigenvalue weighted by molar-refractivity contribution is 0.480. The molecule has 0 aliphatic heterocycles. The van der Waals surface area contributed by atoms with Crippen LogP contribution < -0.4 is 10.6 Å². The van der Waals surface area contributed by atoms with Crippen molar-refractivity contribution in [3.63, 3.8) is 0 Å². The van der Waals surface area contributed by atoms with Crippen molar-refractivity contribution in [3.05, 3.63) is 84.4 Å². The lowest BCUT2D eigenvalue weighted by Gasteiger charge is -2.07. The molecule has 3 aromatic carbocycles. The zero-order valence-electron chi connectivity index (χ0n) is 12.0. The Bertz CT molecular complexity index is 784. The Morgan fingerprint density at radius 1 is 0.727 bits per heavy atom. The first-order valence-corrected chi connectivity index (χ1v) is 8.06. The summed E-state index contributed by atoms with van der Waals surface area (Å²) in [6, 6.07) is 25.5. The monoisotopic (exact) mass is 305 g/mol. The van der Waals surface area contributed by atoms with Crippen LogP contribution in [0.3, 0.4) is 0 Å². The number of rotatable bonds is 4. The third-order valence-corrected chi connectivity index (χ3v) is 4.66. The average molecular weight is 305 g/mol. The van der Waals surface area contributed by atoms with Crippen molar-refractivity contribution in [1.29, 1.82) is 0 Å². The van der Waals surface area contributed by atoms with Gasteiger partial charge in [0.25, 0.3) is 0 Å². The lowest BCUT2D eigenvalue weighted by atomic mass is 10.2. The molecule has 2 nitrogen and oxygen atoms in total. The summed E-state index contributed by atoms with van der Waals surface area (Å²) in [5.74, 6) is 0.343. The summed E-state index contributed by atoms with van der Waals surface area (Å²) in [6.07, 6.45) is 1.89. The van der Waals surface area contributed by atoms with Gasteiger partial charge in [-0.1, -0.05) is 69.2 Å². The fourth-order valence-corrected chi connectivity index (χ4v) is 3.26. The Morgan fingerprint density at radius 2 is 1.36 bits per heavy atom. The van der Waals surface area contributed by atoms with E-state index in [0.29, 0.717) is 14.3 Å². The van der Waals surface area contributed by atoms with Crippen LogP contribution in [0.15, 0.2) is 83.9 Å². The number of nitrogens with zero attached hydrogens (tertiary/aromatic N) is 1. The Balaban J connectivity index is 1.87. The average Bonchev–Trinajstić information content (AvgIpc) is 2.57. The molecule has 1 N–H and O–H groups in total. The molecule has 1 unspecified atom stereocenters. The molecule has 22 heavy (non-hydrogen) atoms. The first kappa shape index (κ1) is 14.5. The second kappa shape index (κ2) is 7.02. The van der Waals surface area contributed by atoms with Crippen LogP contribution in [0.2, 0.25) is 0 Å². The van der Waals surface area contributed by atoms with E-state index in [0.717, 1.165) is 16.6 Å².